The fourth-order valence-corrected chi connectivity index (χ4v) is 5.21. The minimum Gasteiger partial charge on any atom is -0.490 e. The van der Waals surface area contributed by atoms with Gasteiger partial charge in [0.1, 0.15) is 35.9 Å². The topological polar surface area (TPSA) is 122 Å². The number of rotatable bonds is 10. The molecule has 1 unspecified atom stereocenters. The van der Waals surface area contributed by atoms with Gasteiger partial charge in [-0.15, -0.1) is 0 Å². The number of benzene rings is 3. The molecule has 1 amide bonds. The van der Waals surface area contributed by atoms with E-state index in [9.17, 15) is 14.7 Å². The van der Waals surface area contributed by atoms with Crippen molar-refractivity contribution in [1.82, 2.24) is 0 Å². The molecule has 3 aliphatic rings. The summed E-state index contributed by atoms with van der Waals surface area (Å²) < 4.78 is 49.8. The van der Waals surface area contributed by atoms with Gasteiger partial charge in [0, 0.05) is 35.2 Å². The average Bonchev–Trinajstić information content (AvgIpc) is 3.71. The fourth-order valence-electron chi connectivity index (χ4n) is 5.21. The highest BCUT2D eigenvalue weighted by Crippen LogP contribution is 2.57. The maximum absolute atomic E-state index is 15.2. The Hall–Kier alpha value is -4.51. The van der Waals surface area contributed by atoms with E-state index in [1.54, 1.807) is 37.3 Å². The first-order chi connectivity index (χ1) is 19.9. The first-order valence-electron chi connectivity index (χ1n) is 13.3. The number of Topliss-reactive ketones (excluding diaryl/α,β-unsaturated/α-hetero) is 1. The van der Waals surface area contributed by atoms with Crippen molar-refractivity contribution < 1.29 is 47.5 Å². The number of aliphatic hydroxyl groups excluding tert-OH is 1. The molecule has 3 aromatic carbocycles. The highest BCUT2D eigenvalue weighted by Gasteiger charge is 2.55. The molecule has 2 atom stereocenters. The quantitative estimate of drug-likeness (QED) is 0.375. The van der Waals surface area contributed by atoms with E-state index in [-0.39, 0.29) is 72.9 Å². The predicted octanol–water partition coefficient (Wildman–Crippen LogP) is 4.08. The van der Waals surface area contributed by atoms with Crippen LogP contribution in [0, 0.1) is 5.82 Å². The van der Waals surface area contributed by atoms with E-state index < -0.39 is 23.2 Å². The number of ether oxygens (including phenoxy) is 6. The standard InChI is InChI=1S/C30H28FNO9/c1-3-16(33)12-36-22-10-26-24(38-14-40-26)8-19(22)30(18-6-5-7-21(31)28(18)32-29(30)35)20-9-25-27(41-15-39-25)11-23(20)37-13-17(34)4-2/h5-11,16,33H,3-4,12-15H2,1-2H3,(H,32,35)/t16-,30?/m1/s1. The number of hydrogen-bond donors (Lipinski definition) is 2. The third kappa shape index (κ3) is 4.37. The zero-order chi connectivity index (χ0) is 28.7. The van der Waals surface area contributed by atoms with E-state index in [1.807, 2.05) is 6.92 Å². The van der Waals surface area contributed by atoms with E-state index in [4.69, 9.17) is 28.4 Å². The second-order valence-corrected chi connectivity index (χ2v) is 9.82. The van der Waals surface area contributed by atoms with Crippen LogP contribution in [0.5, 0.6) is 34.5 Å². The molecular formula is C30H28FNO9. The lowest BCUT2D eigenvalue weighted by Gasteiger charge is -2.32. The van der Waals surface area contributed by atoms with Crippen LogP contribution in [-0.2, 0) is 15.0 Å². The lowest BCUT2D eigenvalue weighted by Crippen LogP contribution is -2.38. The molecule has 3 aromatic rings. The van der Waals surface area contributed by atoms with Gasteiger partial charge in [0.25, 0.3) is 0 Å². The molecule has 41 heavy (non-hydrogen) atoms. The Balaban J connectivity index is 1.65. The van der Waals surface area contributed by atoms with Crippen LogP contribution < -0.4 is 33.7 Å². The Morgan fingerprint density at radius 1 is 0.951 bits per heavy atom. The predicted molar refractivity (Wildman–Crippen MR) is 143 cm³/mol. The number of nitrogens with one attached hydrogen (secondary N) is 1. The second-order valence-electron chi connectivity index (χ2n) is 9.82. The van der Waals surface area contributed by atoms with Gasteiger partial charge in [0.15, 0.2) is 28.8 Å². The lowest BCUT2D eigenvalue weighted by atomic mass is 9.69. The van der Waals surface area contributed by atoms with Crippen molar-refractivity contribution in [3.8, 4) is 34.5 Å². The third-order valence-corrected chi connectivity index (χ3v) is 7.44. The Bertz CT molecular complexity index is 1540. The molecule has 0 fully saturated rings. The number of ketones is 1. The molecule has 214 valence electrons. The largest absolute Gasteiger partial charge is 0.490 e. The van der Waals surface area contributed by atoms with Crippen LogP contribution in [0.4, 0.5) is 10.1 Å². The summed E-state index contributed by atoms with van der Waals surface area (Å²) in [5.41, 5.74) is -0.934. The Labute approximate surface area is 234 Å². The Morgan fingerprint density at radius 3 is 2.12 bits per heavy atom. The maximum Gasteiger partial charge on any atom is 0.244 e. The van der Waals surface area contributed by atoms with Gasteiger partial charge in [-0.2, -0.15) is 0 Å². The fraction of sp³-hybridized carbons (Fsp3) is 0.333. The molecule has 3 aliphatic heterocycles. The second kappa shape index (κ2) is 10.5. The van der Waals surface area contributed by atoms with E-state index in [1.165, 1.54) is 12.1 Å². The van der Waals surface area contributed by atoms with Crippen LogP contribution in [-0.4, -0.2) is 49.7 Å². The summed E-state index contributed by atoms with van der Waals surface area (Å²) in [4.78, 5) is 26.6. The number of aliphatic hydroxyl groups is 1. The van der Waals surface area contributed by atoms with E-state index in [2.05, 4.69) is 5.32 Å². The summed E-state index contributed by atoms with van der Waals surface area (Å²) in [6, 6.07) is 10.7. The minimum atomic E-state index is -1.77. The third-order valence-electron chi connectivity index (χ3n) is 7.44. The molecule has 0 saturated heterocycles. The van der Waals surface area contributed by atoms with Crippen molar-refractivity contribution >= 4 is 17.4 Å². The van der Waals surface area contributed by atoms with Crippen molar-refractivity contribution in [2.75, 3.05) is 32.1 Å². The number of fused-ring (bicyclic) bond motifs is 3. The summed E-state index contributed by atoms with van der Waals surface area (Å²) in [6.07, 6.45) is -0.0965. The van der Waals surface area contributed by atoms with Crippen LogP contribution >= 0.6 is 0 Å². The van der Waals surface area contributed by atoms with Crippen LogP contribution in [0.25, 0.3) is 0 Å². The smallest absolute Gasteiger partial charge is 0.244 e. The number of hydrogen-bond acceptors (Lipinski definition) is 9. The van der Waals surface area contributed by atoms with E-state index in [0.29, 0.717) is 29.4 Å². The number of halogens is 1. The summed E-state index contributed by atoms with van der Waals surface area (Å²) >= 11 is 0. The maximum atomic E-state index is 15.2. The Morgan fingerprint density at radius 2 is 1.54 bits per heavy atom. The number of carbonyl (C=O) groups is 2. The van der Waals surface area contributed by atoms with Crippen LogP contribution in [0.3, 0.4) is 0 Å². The summed E-state index contributed by atoms with van der Waals surface area (Å²) in [6.45, 7) is 3.10. The van der Waals surface area contributed by atoms with Crippen molar-refractivity contribution in [3.05, 3.63) is 65.0 Å². The molecule has 0 spiro atoms. The normalized spacial score (nSPS) is 18.6. The monoisotopic (exact) mass is 565 g/mol. The zero-order valence-electron chi connectivity index (χ0n) is 22.5. The summed E-state index contributed by atoms with van der Waals surface area (Å²) in [5.74, 6) is 0.441. The molecule has 10 nitrogen and oxygen atoms in total. The summed E-state index contributed by atoms with van der Waals surface area (Å²) in [7, 11) is 0. The van der Waals surface area contributed by atoms with Crippen molar-refractivity contribution in [3.63, 3.8) is 0 Å². The van der Waals surface area contributed by atoms with Crippen molar-refractivity contribution in [1.29, 1.82) is 0 Å². The molecule has 0 saturated carbocycles. The van der Waals surface area contributed by atoms with Gasteiger partial charge in [-0.25, -0.2) is 4.39 Å². The SMILES string of the molecule is CCC(=O)COc1cc2c(cc1C1(c3cc4c(cc3OC[C@H](O)CC)OCO4)C(=O)Nc3c(F)cccc31)OCO2. The van der Waals surface area contributed by atoms with Gasteiger partial charge in [-0.3, -0.25) is 9.59 Å². The highest BCUT2D eigenvalue weighted by molar-refractivity contribution is 6.12. The zero-order valence-corrected chi connectivity index (χ0v) is 22.5. The molecule has 6 rings (SSSR count). The van der Waals surface area contributed by atoms with E-state index in [0.717, 1.165) is 0 Å². The molecule has 0 bridgehead atoms. The first-order valence-corrected chi connectivity index (χ1v) is 13.3. The number of carbonyl (C=O) groups excluding carboxylic acids is 2. The first kappa shape index (κ1) is 26.7. The number of para-hydroxylation sites is 1. The molecular weight excluding hydrogens is 537 g/mol. The molecule has 0 aliphatic carbocycles. The lowest BCUT2D eigenvalue weighted by molar-refractivity contribution is -0.120. The van der Waals surface area contributed by atoms with Gasteiger partial charge in [-0.1, -0.05) is 26.0 Å². The summed E-state index contributed by atoms with van der Waals surface area (Å²) in [5, 5.41) is 13.0. The van der Waals surface area contributed by atoms with Crippen LogP contribution in [0.15, 0.2) is 42.5 Å². The molecule has 0 aromatic heterocycles. The van der Waals surface area contributed by atoms with Crippen LogP contribution in [0.1, 0.15) is 43.4 Å². The van der Waals surface area contributed by atoms with Gasteiger partial charge in [-0.05, 0) is 24.6 Å². The van der Waals surface area contributed by atoms with Crippen LogP contribution in [0.2, 0.25) is 0 Å². The average molecular weight is 566 g/mol. The van der Waals surface area contributed by atoms with Crippen molar-refractivity contribution in [2.45, 2.75) is 38.2 Å². The van der Waals surface area contributed by atoms with Gasteiger partial charge < -0.3 is 38.8 Å². The highest BCUT2D eigenvalue weighted by atomic mass is 19.1. The van der Waals surface area contributed by atoms with Gasteiger partial charge in [0.2, 0.25) is 19.5 Å². The minimum absolute atomic E-state index is 0.0111. The Kier molecular flexibility index (Phi) is 6.82. The number of anilines is 1. The molecule has 0 radical (unpaired) electrons. The molecule has 3 heterocycles. The van der Waals surface area contributed by atoms with Gasteiger partial charge in [0.05, 0.1) is 11.8 Å². The number of amides is 1. The molecule has 11 heteroatoms. The van der Waals surface area contributed by atoms with Crippen molar-refractivity contribution in [2.24, 2.45) is 0 Å². The molecule has 2 N–H and O–H groups in total. The van der Waals surface area contributed by atoms with Gasteiger partial charge >= 0.3 is 0 Å². The van der Waals surface area contributed by atoms with E-state index >= 15 is 4.39 Å².